The second-order valence-electron chi connectivity index (χ2n) is 8.48. The van der Waals surface area contributed by atoms with Crippen LogP contribution < -0.4 is 0 Å². The molecular formula is C27H16N4. The van der Waals surface area contributed by atoms with Crippen molar-refractivity contribution in [3.63, 3.8) is 0 Å². The molecule has 31 heavy (non-hydrogen) atoms. The largest absolute Gasteiger partial charge is 0.275 e. The van der Waals surface area contributed by atoms with Crippen molar-refractivity contribution in [1.82, 2.24) is 19.4 Å². The van der Waals surface area contributed by atoms with Gasteiger partial charge in [-0.25, -0.2) is 9.97 Å². The van der Waals surface area contributed by atoms with Crippen LogP contribution in [0.3, 0.4) is 0 Å². The molecule has 0 bridgehead atoms. The molecule has 144 valence electrons. The van der Waals surface area contributed by atoms with Crippen LogP contribution in [0.5, 0.6) is 0 Å². The van der Waals surface area contributed by atoms with E-state index in [2.05, 4.69) is 57.9 Å². The van der Waals surface area contributed by atoms with Gasteiger partial charge in [0.2, 0.25) is 0 Å². The number of aromatic nitrogens is 4. The van der Waals surface area contributed by atoms with Crippen molar-refractivity contribution in [1.29, 1.82) is 0 Å². The number of hydrogen-bond donors (Lipinski definition) is 0. The Labute approximate surface area is 177 Å². The molecule has 0 N–H and O–H groups in total. The standard InChI is InChI=1S/C27H16N4/c1-2-6-17-15(5-1)13-21-18(17)10-9-16-14-22-25(23(16)21)31-26-19(7-4-12-29-26)24-20(27(31)30-22)8-3-11-28-24/h1-12H,13-14H2. The molecule has 4 heteroatoms. The van der Waals surface area contributed by atoms with Gasteiger partial charge in [-0.1, -0.05) is 36.4 Å². The smallest absolute Gasteiger partial charge is 0.148 e. The lowest BCUT2D eigenvalue weighted by atomic mass is 9.97. The first kappa shape index (κ1) is 15.7. The molecule has 2 aromatic carbocycles. The van der Waals surface area contributed by atoms with Crippen LogP contribution in [-0.4, -0.2) is 19.4 Å². The van der Waals surface area contributed by atoms with Gasteiger partial charge >= 0.3 is 0 Å². The van der Waals surface area contributed by atoms with Gasteiger partial charge in [0, 0.05) is 35.2 Å². The van der Waals surface area contributed by atoms with Crippen LogP contribution in [0.15, 0.2) is 73.1 Å². The summed E-state index contributed by atoms with van der Waals surface area (Å²) in [5, 5.41) is 2.14. The SMILES string of the molecule is c1ccc2c(c1)Cc1c-2ccc2c1-c1c(nc3c4cccnc4c4cccnc4n13)C2. The lowest BCUT2D eigenvalue weighted by molar-refractivity contribution is 1.16. The quantitative estimate of drug-likeness (QED) is 0.315. The molecular weight excluding hydrogens is 380 g/mol. The van der Waals surface area contributed by atoms with Crippen molar-refractivity contribution in [2.45, 2.75) is 12.8 Å². The van der Waals surface area contributed by atoms with Gasteiger partial charge in [0.25, 0.3) is 0 Å². The maximum absolute atomic E-state index is 5.14. The molecule has 0 atom stereocenters. The molecule has 0 radical (unpaired) electrons. The number of imidazole rings is 1. The number of pyridine rings is 3. The minimum atomic E-state index is 0.867. The van der Waals surface area contributed by atoms with Gasteiger partial charge in [-0.3, -0.25) is 9.38 Å². The van der Waals surface area contributed by atoms with Gasteiger partial charge in [-0.05, 0) is 58.5 Å². The van der Waals surface area contributed by atoms with Crippen LogP contribution in [-0.2, 0) is 12.8 Å². The van der Waals surface area contributed by atoms with E-state index in [1.54, 1.807) is 0 Å². The zero-order chi connectivity index (χ0) is 20.1. The highest BCUT2D eigenvalue weighted by Gasteiger charge is 2.32. The fourth-order valence-corrected chi connectivity index (χ4v) is 5.68. The number of hydrogen-bond acceptors (Lipinski definition) is 3. The van der Waals surface area contributed by atoms with Gasteiger partial charge in [0.1, 0.15) is 11.3 Å². The number of fused-ring (bicyclic) bond motifs is 14. The van der Waals surface area contributed by atoms with E-state index < -0.39 is 0 Å². The van der Waals surface area contributed by atoms with E-state index in [4.69, 9.17) is 9.97 Å². The van der Waals surface area contributed by atoms with Gasteiger partial charge < -0.3 is 0 Å². The third-order valence-corrected chi connectivity index (χ3v) is 6.92. The summed E-state index contributed by atoms with van der Waals surface area (Å²) in [6.45, 7) is 0. The number of benzene rings is 2. The van der Waals surface area contributed by atoms with Gasteiger partial charge in [0.05, 0.1) is 16.9 Å². The predicted molar refractivity (Wildman–Crippen MR) is 122 cm³/mol. The van der Waals surface area contributed by atoms with E-state index in [-0.39, 0.29) is 0 Å². The molecule has 0 unspecified atom stereocenters. The molecule has 2 aliphatic rings. The fraction of sp³-hybridized carbons (Fsp3) is 0.0741. The van der Waals surface area contributed by atoms with Crippen LogP contribution in [0.4, 0.5) is 0 Å². The molecule has 4 heterocycles. The van der Waals surface area contributed by atoms with E-state index in [1.165, 1.54) is 39.1 Å². The molecule has 0 saturated carbocycles. The van der Waals surface area contributed by atoms with Gasteiger partial charge in [-0.15, -0.1) is 0 Å². The fourth-order valence-electron chi connectivity index (χ4n) is 5.68. The van der Waals surface area contributed by atoms with Crippen LogP contribution in [0.2, 0.25) is 0 Å². The molecule has 4 aromatic heterocycles. The Balaban J connectivity index is 1.55. The zero-order valence-electron chi connectivity index (χ0n) is 16.6. The molecule has 0 fully saturated rings. The summed E-state index contributed by atoms with van der Waals surface area (Å²) in [7, 11) is 0. The predicted octanol–water partition coefficient (Wildman–Crippen LogP) is 5.57. The third kappa shape index (κ3) is 1.84. The molecule has 4 nitrogen and oxygen atoms in total. The summed E-state index contributed by atoms with van der Waals surface area (Å²) >= 11 is 0. The normalized spacial score (nSPS) is 13.5. The Bertz CT molecular complexity index is 1740. The Kier molecular flexibility index (Phi) is 2.72. The van der Waals surface area contributed by atoms with Crippen LogP contribution in [0.25, 0.3) is 50.0 Å². The summed E-state index contributed by atoms with van der Waals surface area (Å²) in [6, 6.07) is 21.6. The van der Waals surface area contributed by atoms with Crippen molar-refractivity contribution in [2.24, 2.45) is 0 Å². The monoisotopic (exact) mass is 396 g/mol. The minimum absolute atomic E-state index is 0.867. The van der Waals surface area contributed by atoms with Crippen LogP contribution in [0, 0.1) is 0 Å². The molecule has 0 spiro atoms. The Hall–Kier alpha value is -4.05. The van der Waals surface area contributed by atoms with Crippen molar-refractivity contribution >= 4 is 27.6 Å². The lowest BCUT2D eigenvalue weighted by Crippen LogP contribution is -1.98. The van der Waals surface area contributed by atoms with Crippen LogP contribution >= 0.6 is 0 Å². The second kappa shape index (κ2) is 5.35. The number of nitrogens with zero attached hydrogens (tertiary/aromatic N) is 4. The van der Waals surface area contributed by atoms with E-state index in [9.17, 15) is 0 Å². The van der Waals surface area contributed by atoms with E-state index in [1.807, 2.05) is 24.5 Å². The van der Waals surface area contributed by atoms with E-state index >= 15 is 0 Å². The minimum Gasteiger partial charge on any atom is -0.275 e. The average molecular weight is 396 g/mol. The van der Waals surface area contributed by atoms with E-state index in [0.29, 0.717) is 0 Å². The molecule has 6 aromatic rings. The summed E-state index contributed by atoms with van der Waals surface area (Å²) in [6.07, 6.45) is 5.55. The number of rotatable bonds is 0. The lowest BCUT2D eigenvalue weighted by Gasteiger charge is -2.12. The van der Waals surface area contributed by atoms with Crippen molar-refractivity contribution in [3.8, 4) is 22.4 Å². The first-order chi connectivity index (χ1) is 15.4. The van der Waals surface area contributed by atoms with Crippen molar-refractivity contribution in [3.05, 3.63) is 95.4 Å². The highest BCUT2D eigenvalue weighted by atomic mass is 15.1. The highest BCUT2D eigenvalue weighted by Crippen LogP contribution is 2.48. The Morgan fingerprint density at radius 3 is 2.45 bits per heavy atom. The maximum Gasteiger partial charge on any atom is 0.148 e. The van der Waals surface area contributed by atoms with Gasteiger partial charge in [-0.2, -0.15) is 0 Å². The summed E-state index contributed by atoms with van der Waals surface area (Å²) in [5.41, 5.74) is 13.5. The topological polar surface area (TPSA) is 43.1 Å². The molecule has 2 aliphatic carbocycles. The van der Waals surface area contributed by atoms with Crippen molar-refractivity contribution in [2.75, 3.05) is 0 Å². The average Bonchev–Trinajstić information content (AvgIpc) is 3.48. The molecule has 0 aliphatic heterocycles. The van der Waals surface area contributed by atoms with Gasteiger partial charge in [0.15, 0.2) is 0 Å². The summed E-state index contributed by atoms with van der Waals surface area (Å²) in [4.78, 5) is 14.6. The van der Waals surface area contributed by atoms with Crippen molar-refractivity contribution < 1.29 is 0 Å². The summed E-state index contributed by atoms with van der Waals surface area (Å²) < 4.78 is 2.28. The molecule has 0 saturated heterocycles. The first-order valence-electron chi connectivity index (χ1n) is 10.6. The Morgan fingerprint density at radius 2 is 1.52 bits per heavy atom. The summed E-state index contributed by atoms with van der Waals surface area (Å²) in [5.74, 6) is 0. The molecule has 8 rings (SSSR count). The second-order valence-corrected chi connectivity index (χ2v) is 8.48. The van der Waals surface area contributed by atoms with E-state index in [0.717, 1.165) is 46.1 Å². The molecule has 0 amide bonds. The Morgan fingerprint density at radius 1 is 0.677 bits per heavy atom. The zero-order valence-corrected chi connectivity index (χ0v) is 16.6. The highest BCUT2D eigenvalue weighted by molar-refractivity contribution is 6.09. The third-order valence-electron chi connectivity index (χ3n) is 6.92. The first-order valence-corrected chi connectivity index (χ1v) is 10.6. The van der Waals surface area contributed by atoms with Crippen LogP contribution in [0.1, 0.15) is 22.4 Å². The maximum atomic E-state index is 5.14.